The van der Waals surface area contributed by atoms with Crippen molar-refractivity contribution in [1.29, 1.82) is 0 Å². The Labute approximate surface area is 159 Å². The van der Waals surface area contributed by atoms with Crippen LogP contribution in [-0.2, 0) is 9.09 Å². The number of fused-ring (bicyclic) bond motifs is 1. The Morgan fingerprint density at radius 3 is 2.88 bits per heavy atom. The van der Waals surface area contributed by atoms with Gasteiger partial charge in [-0.05, 0) is 38.0 Å². The summed E-state index contributed by atoms with van der Waals surface area (Å²) in [5.41, 5.74) is 0. The zero-order chi connectivity index (χ0) is 18.8. The number of nitrogens with zero attached hydrogens (tertiary/aromatic N) is 1. The molecule has 2 heterocycles. The highest BCUT2D eigenvalue weighted by molar-refractivity contribution is 8.00. The molecule has 2 fully saturated rings. The fourth-order valence-electron chi connectivity index (χ4n) is 3.26. The first kappa shape index (κ1) is 21.4. The van der Waals surface area contributed by atoms with Gasteiger partial charge in [0.05, 0.1) is 12.1 Å². The van der Waals surface area contributed by atoms with Gasteiger partial charge in [-0.2, -0.15) is 11.8 Å². The van der Waals surface area contributed by atoms with Gasteiger partial charge in [0.25, 0.3) is 0 Å². The summed E-state index contributed by atoms with van der Waals surface area (Å²) in [7, 11) is -2.49. The van der Waals surface area contributed by atoms with E-state index in [-0.39, 0.29) is 24.0 Å². The minimum absolute atomic E-state index is 0.0293. The molecule has 0 aliphatic carbocycles. The van der Waals surface area contributed by atoms with Crippen molar-refractivity contribution < 1.29 is 23.9 Å². The molecule has 8 nitrogen and oxygen atoms in total. The van der Waals surface area contributed by atoms with Crippen molar-refractivity contribution in [1.82, 2.24) is 10.6 Å². The van der Waals surface area contributed by atoms with Crippen LogP contribution in [-0.4, -0.2) is 53.1 Å². The second-order valence-electron chi connectivity index (χ2n) is 6.63. The quantitative estimate of drug-likeness (QED) is 0.141. The number of unbranched alkanes of at least 4 members (excludes halogenated alkanes) is 4. The van der Waals surface area contributed by atoms with E-state index in [0.717, 1.165) is 50.7 Å². The summed E-state index contributed by atoms with van der Waals surface area (Å²) in [6, 6.07) is 0.430. The maximum atomic E-state index is 11.8. The maximum Gasteiger partial charge on any atom is 0.694 e. The van der Waals surface area contributed by atoms with Crippen LogP contribution in [0.1, 0.15) is 51.4 Å². The highest BCUT2D eigenvalue weighted by Crippen LogP contribution is 2.33. The summed E-state index contributed by atoms with van der Waals surface area (Å²) in [6.07, 6.45) is 6.76. The number of aliphatic imine (C=N–C) groups is 1. The zero-order valence-electron chi connectivity index (χ0n) is 14.9. The molecule has 0 aromatic carbocycles. The first-order valence-electron chi connectivity index (χ1n) is 9.24. The molecule has 1 unspecified atom stereocenters. The monoisotopic (exact) mass is 405 g/mol. The largest absolute Gasteiger partial charge is 0.862 e. The van der Waals surface area contributed by atoms with Crippen LogP contribution in [0.5, 0.6) is 0 Å². The van der Waals surface area contributed by atoms with Gasteiger partial charge < -0.3 is 20.7 Å². The lowest BCUT2D eigenvalue weighted by molar-refractivity contribution is -0.219. The molecule has 0 aromatic rings. The Morgan fingerprint density at radius 1 is 1.27 bits per heavy atom. The van der Waals surface area contributed by atoms with E-state index < -0.39 is 8.25 Å². The van der Waals surface area contributed by atoms with Crippen LogP contribution in [0.15, 0.2) is 4.99 Å². The van der Waals surface area contributed by atoms with Gasteiger partial charge in [-0.25, -0.2) is 4.79 Å². The van der Waals surface area contributed by atoms with Gasteiger partial charge in [0, 0.05) is 22.1 Å². The molecule has 4 atom stereocenters. The number of hydrogen-bond acceptors (Lipinski definition) is 6. The van der Waals surface area contributed by atoms with Crippen LogP contribution in [0.2, 0.25) is 0 Å². The van der Waals surface area contributed by atoms with Crippen LogP contribution in [0.4, 0.5) is 4.79 Å². The number of amides is 2. The topological polar surface area (TPSA) is 123 Å². The number of carbonyl (C=O) groups is 1. The fourth-order valence-corrected chi connectivity index (χ4v) is 5.09. The molecule has 0 spiro atoms. The molecule has 3 N–H and O–H groups in total. The molecule has 10 heteroatoms. The number of rotatable bonds is 13. The first-order valence-corrected chi connectivity index (χ1v) is 11.4. The molecule has 2 saturated heterocycles. The predicted octanol–water partition coefficient (Wildman–Crippen LogP) is 1.70. The van der Waals surface area contributed by atoms with E-state index in [4.69, 9.17) is 4.89 Å². The highest BCUT2D eigenvalue weighted by atomic mass is 32.2. The van der Waals surface area contributed by atoms with Gasteiger partial charge in [-0.15, -0.1) is 9.42 Å². The number of hydrogen-bond donors (Lipinski definition) is 3. The molecule has 2 aliphatic rings. The average molecular weight is 405 g/mol. The van der Waals surface area contributed by atoms with Gasteiger partial charge in [-0.1, -0.05) is 19.3 Å². The lowest BCUT2D eigenvalue weighted by Crippen LogP contribution is -2.36. The van der Waals surface area contributed by atoms with E-state index in [0.29, 0.717) is 24.8 Å². The predicted molar refractivity (Wildman–Crippen MR) is 101 cm³/mol. The van der Waals surface area contributed by atoms with E-state index in [9.17, 15) is 14.5 Å². The highest BCUT2D eigenvalue weighted by Gasteiger charge is 2.42. The van der Waals surface area contributed by atoms with Crippen molar-refractivity contribution in [2.24, 2.45) is 4.99 Å². The number of carbonyl (C=O) groups excluding carboxylic acids is 1. The van der Waals surface area contributed by atoms with Gasteiger partial charge in [-0.3, -0.25) is 0 Å². The minimum Gasteiger partial charge on any atom is -0.862 e. The zero-order valence-corrected chi connectivity index (χ0v) is 16.6. The molecule has 2 aliphatic heterocycles. The molecule has 2 amide bonds. The minimum atomic E-state index is -2.49. The Bertz CT molecular complexity index is 508. The third-order valence-corrected chi connectivity index (χ3v) is 6.52. The second kappa shape index (κ2) is 11.7. The standard InChI is InChI=1S/C16H28N3O5PS/c20-14(17-9-5-1-2-6-10-24-25(22)23)8-4-3-7-13-15-12(11-26-13)18-16(21)19-15/h12-13,15H,1-11H2,(H3-,17,18,19,20,21,22,23)/t12-,13-,15-/m0/s1. The average Bonchev–Trinajstić information content (AvgIpc) is 3.13. The molecule has 0 saturated carbocycles. The lowest BCUT2D eigenvalue weighted by atomic mass is 10.0. The van der Waals surface area contributed by atoms with Crippen LogP contribution >= 0.6 is 20.0 Å². The molecule has 0 aromatic heterocycles. The van der Waals surface area contributed by atoms with Crippen molar-refractivity contribution >= 4 is 31.9 Å². The smallest absolute Gasteiger partial charge is 0.694 e. The van der Waals surface area contributed by atoms with Crippen molar-refractivity contribution in [3.8, 4) is 0 Å². The van der Waals surface area contributed by atoms with Gasteiger partial charge in [0.15, 0.2) is 0 Å². The van der Waals surface area contributed by atoms with Crippen molar-refractivity contribution in [2.75, 3.05) is 18.9 Å². The van der Waals surface area contributed by atoms with E-state index in [1.807, 2.05) is 11.8 Å². The van der Waals surface area contributed by atoms with Crippen LogP contribution in [0, 0.1) is 0 Å². The molecular formula is C16H28N3O5PS. The molecule has 148 valence electrons. The van der Waals surface area contributed by atoms with E-state index in [1.54, 1.807) is 0 Å². The Kier molecular flexibility index (Phi) is 9.67. The maximum absolute atomic E-state index is 11.8. The Morgan fingerprint density at radius 2 is 2.08 bits per heavy atom. The summed E-state index contributed by atoms with van der Waals surface area (Å²) in [5.74, 6) is 0.936. The summed E-state index contributed by atoms with van der Waals surface area (Å²) in [5, 5.41) is 18.1. The normalized spacial score (nSPS) is 25.7. The third kappa shape index (κ3) is 7.78. The first-order chi connectivity index (χ1) is 12.6. The van der Waals surface area contributed by atoms with Gasteiger partial charge in [0.1, 0.15) is 6.61 Å². The SMILES string of the molecule is O=C1N[C@H]2[C@H](CS[C@H]2CCCCC([O-])=NCCCCCCO[P+](=O)O)N1. The Hall–Kier alpha value is -0.890. The lowest BCUT2D eigenvalue weighted by Gasteiger charge is -2.17. The molecule has 0 bridgehead atoms. The molecule has 0 radical (unpaired) electrons. The van der Waals surface area contributed by atoms with Crippen LogP contribution in [0.3, 0.4) is 0 Å². The number of urea groups is 1. The van der Waals surface area contributed by atoms with Crippen molar-refractivity contribution in [3.63, 3.8) is 0 Å². The van der Waals surface area contributed by atoms with Crippen molar-refractivity contribution in [2.45, 2.75) is 68.7 Å². The molecule has 2 rings (SSSR count). The molecular weight excluding hydrogens is 377 g/mol. The van der Waals surface area contributed by atoms with E-state index in [2.05, 4.69) is 20.1 Å². The van der Waals surface area contributed by atoms with Crippen LogP contribution in [0.25, 0.3) is 0 Å². The second-order valence-corrected chi connectivity index (χ2v) is 8.63. The van der Waals surface area contributed by atoms with E-state index >= 15 is 0 Å². The fraction of sp³-hybridized carbons (Fsp3) is 0.875. The van der Waals surface area contributed by atoms with Crippen molar-refractivity contribution in [3.05, 3.63) is 0 Å². The van der Waals surface area contributed by atoms with E-state index in [1.165, 1.54) is 0 Å². The Balaban J connectivity index is 1.45. The van der Waals surface area contributed by atoms with Gasteiger partial charge in [0.2, 0.25) is 0 Å². The summed E-state index contributed by atoms with van der Waals surface area (Å²) < 4.78 is 14.9. The van der Waals surface area contributed by atoms with Gasteiger partial charge >= 0.3 is 14.3 Å². The number of thioether (sulfide) groups is 1. The third-order valence-electron chi connectivity index (χ3n) is 4.61. The summed E-state index contributed by atoms with van der Waals surface area (Å²) in [6.45, 7) is 0.844. The summed E-state index contributed by atoms with van der Waals surface area (Å²) in [4.78, 5) is 23.9. The number of nitrogens with one attached hydrogen (secondary N) is 2. The molecule has 26 heavy (non-hydrogen) atoms. The van der Waals surface area contributed by atoms with Crippen LogP contribution < -0.4 is 15.7 Å². The summed E-state index contributed by atoms with van der Waals surface area (Å²) >= 11 is 1.90.